The van der Waals surface area contributed by atoms with E-state index in [4.69, 9.17) is 9.84 Å². The molecule has 6 nitrogen and oxygen atoms in total. The second-order valence-corrected chi connectivity index (χ2v) is 4.64. The van der Waals surface area contributed by atoms with Crippen LogP contribution >= 0.6 is 0 Å². The molecule has 1 fully saturated rings. The number of rotatable bonds is 3. The van der Waals surface area contributed by atoms with Crippen molar-refractivity contribution in [3.05, 3.63) is 0 Å². The summed E-state index contributed by atoms with van der Waals surface area (Å²) in [6, 6.07) is -1.18. The molecule has 0 aliphatic carbocycles. The molecule has 2 unspecified atom stereocenters. The van der Waals surface area contributed by atoms with Gasteiger partial charge in [-0.25, -0.2) is 9.59 Å². The quantitative estimate of drug-likeness (QED) is 0.759. The molecule has 6 heteroatoms. The lowest BCUT2D eigenvalue weighted by Crippen LogP contribution is -2.54. The Bertz CT molecular complexity index is 293. The Morgan fingerprint density at radius 2 is 2.12 bits per heavy atom. The molecule has 0 aromatic heterocycles. The van der Waals surface area contributed by atoms with E-state index in [2.05, 4.69) is 5.32 Å². The van der Waals surface area contributed by atoms with E-state index in [1.165, 1.54) is 0 Å². The van der Waals surface area contributed by atoms with E-state index in [0.29, 0.717) is 19.7 Å². The van der Waals surface area contributed by atoms with Gasteiger partial charge in [-0.15, -0.1) is 0 Å². The molecule has 0 saturated carbocycles. The number of ether oxygens (including phenoxy) is 1. The van der Waals surface area contributed by atoms with E-state index in [0.717, 1.165) is 0 Å². The first-order chi connectivity index (χ1) is 7.91. The van der Waals surface area contributed by atoms with E-state index in [9.17, 15) is 9.59 Å². The number of carbonyl (C=O) groups is 2. The molecule has 2 amide bonds. The highest BCUT2D eigenvalue weighted by Crippen LogP contribution is 2.07. The standard InChI is InChI=1S/C11H20N2O4/c1-7(2)9(10(14)15)12-11(16)13-4-5-17-8(3)6-13/h7-9H,4-6H2,1-3H3,(H,12,16)(H,14,15). The summed E-state index contributed by atoms with van der Waals surface area (Å²) in [7, 11) is 0. The SMILES string of the molecule is CC1CN(C(=O)NC(C(=O)O)C(C)C)CCO1. The molecule has 17 heavy (non-hydrogen) atoms. The smallest absolute Gasteiger partial charge is 0.326 e. The fraction of sp³-hybridized carbons (Fsp3) is 0.818. The second-order valence-electron chi connectivity index (χ2n) is 4.64. The van der Waals surface area contributed by atoms with Crippen molar-refractivity contribution in [1.29, 1.82) is 0 Å². The third-order valence-corrected chi connectivity index (χ3v) is 2.74. The number of carboxylic acid groups (broad SMARTS) is 1. The molecule has 0 aromatic carbocycles. The Morgan fingerprint density at radius 1 is 1.47 bits per heavy atom. The minimum Gasteiger partial charge on any atom is -0.480 e. The van der Waals surface area contributed by atoms with Crippen LogP contribution in [-0.4, -0.2) is 53.8 Å². The summed E-state index contributed by atoms with van der Waals surface area (Å²) in [5.41, 5.74) is 0. The Morgan fingerprint density at radius 3 is 2.59 bits per heavy atom. The van der Waals surface area contributed by atoms with Crippen molar-refractivity contribution in [1.82, 2.24) is 10.2 Å². The van der Waals surface area contributed by atoms with Gasteiger partial charge in [-0.1, -0.05) is 13.8 Å². The van der Waals surface area contributed by atoms with Gasteiger partial charge >= 0.3 is 12.0 Å². The van der Waals surface area contributed by atoms with Crippen LogP contribution in [0, 0.1) is 5.92 Å². The number of aliphatic carboxylic acids is 1. The molecule has 0 spiro atoms. The number of morpholine rings is 1. The van der Waals surface area contributed by atoms with E-state index >= 15 is 0 Å². The summed E-state index contributed by atoms with van der Waals surface area (Å²) in [6.45, 7) is 6.91. The number of hydrogen-bond donors (Lipinski definition) is 2. The maximum atomic E-state index is 11.9. The molecule has 1 saturated heterocycles. The maximum absolute atomic E-state index is 11.9. The molecule has 0 radical (unpaired) electrons. The van der Waals surface area contributed by atoms with Crippen molar-refractivity contribution in [2.45, 2.75) is 32.9 Å². The largest absolute Gasteiger partial charge is 0.480 e. The number of nitrogens with zero attached hydrogens (tertiary/aromatic N) is 1. The van der Waals surface area contributed by atoms with Gasteiger partial charge in [0.1, 0.15) is 6.04 Å². The molecule has 98 valence electrons. The number of hydrogen-bond acceptors (Lipinski definition) is 3. The van der Waals surface area contributed by atoms with Gasteiger partial charge in [0, 0.05) is 13.1 Å². The zero-order valence-corrected chi connectivity index (χ0v) is 10.5. The highest BCUT2D eigenvalue weighted by Gasteiger charge is 2.27. The lowest BCUT2D eigenvalue weighted by atomic mass is 10.1. The first kappa shape index (κ1) is 13.8. The topological polar surface area (TPSA) is 78.9 Å². The van der Waals surface area contributed by atoms with Crippen molar-refractivity contribution in [2.75, 3.05) is 19.7 Å². The summed E-state index contributed by atoms with van der Waals surface area (Å²) in [5, 5.41) is 11.5. The minimum atomic E-state index is -1.00. The minimum absolute atomic E-state index is 0.00294. The first-order valence-corrected chi connectivity index (χ1v) is 5.81. The van der Waals surface area contributed by atoms with E-state index in [1.54, 1.807) is 18.7 Å². The molecule has 2 atom stereocenters. The maximum Gasteiger partial charge on any atom is 0.326 e. The van der Waals surface area contributed by atoms with Gasteiger partial charge in [-0.2, -0.15) is 0 Å². The number of nitrogens with one attached hydrogen (secondary N) is 1. The Labute approximate surface area is 101 Å². The Hall–Kier alpha value is -1.30. The van der Waals surface area contributed by atoms with Crippen LogP contribution in [0.4, 0.5) is 4.79 Å². The van der Waals surface area contributed by atoms with Gasteiger partial charge in [-0.05, 0) is 12.8 Å². The summed E-state index contributed by atoms with van der Waals surface area (Å²) < 4.78 is 5.32. The van der Waals surface area contributed by atoms with Gasteiger partial charge in [0.2, 0.25) is 0 Å². The Balaban J connectivity index is 2.54. The second kappa shape index (κ2) is 5.86. The zero-order valence-electron chi connectivity index (χ0n) is 10.5. The van der Waals surface area contributed by atoms with E-state index in [1.807, 2.05) is 6.92 Å². The lowest BCUT2D eigenvalue weighted by Gasteiger charge is -2.32. The predicted molar refractivity (Wildman–Crippen MR) is 61.8 cm³/mol. The fourth-order valence-corrected chi connectivity index (χ4v) is 1.74. The van der Waals surface area contributed by atoms with Crippen LogP contribution in [0.25, 0.3) is 0 Å². The van der Waals surface area contributed by atoms with Crippen molar-refractivity contribution in [2.24, 2.45) is 5.92 Å². The molecular formula is C11H20N2O4. The molecule has 0 bridgehead atoms. The third kappa shape index (κ3) is 3.89. The van der Waals surface area contributed by atoms with Crippen LogP contribution in [0.3, 0.4) is 0 Å². The fourth-order valence-electron chi connectivity index (χ4n) is 1.74. The van der Waals surface area contributed by atoms with Crippen LogP contribution in [-0.2, 0) is 9.53 Å². The molecular weight excluding hydrogens is 224 g/mol. The van der Waals surface area contributed by atoms with Crippen LogP contribution < -0.4 is 5.32 Å². The average Bonchev–Trinajstić information content (AvgIpc) is 2.24. The summed E-state index contributed by atoms with van der Waals surface area (Å²) >= 11 is 0. The first-order valence-electron chi connectivity index (χ1n) is 5.81. The number of carbonyl (C=O) groups excluding carboxylic acids is 1. The van der Waals surface area contributed by atoms with Gasteiger partial charge in [0.15, 0.2) is 0 Å². The van der Waals surface area contributed by atoms with Gasteiger partial charge in [0.05, 0.1) is 12.7 Å². The van der Waals surface area contributed by atoms with Crippen LogP contribution in [0.15, 0.2) is 0 Å². The zero-order chi connectivity index (χ0) is 13.0. The van der Waals surface area contributed by atoms with Crippen molar-refractivity contribution >= 4 is 12.0 Å². The van der Waals surface area contributed by atoms with Crippen LogP contribution in [0.1, 0.15) is 20.8 Å². The van der Waals surface area contributed by atoms with Gasteiger partial charge in [-0.3, -0.25) is 0 Å². The van der Waals surface area contributed by atoms with Crippen molar-refractivity contribution in [3.8, 4) is 0 Å². The van der Waals surface area contributed by atoms with Crippen molar-refractivity contribution < 1.29 is 19.4 Å². The monoisotopic (exact) mass is 244 g/mol. The predicted octanol–water partition coefficient (Wildman–Crippen LogP) is 0.526. The van der Waals surface area contributed by atoms with E-state index < -0.39 is 12.0 Å². The molecule has 1 rings (SSSR count). The van der Waals surface area contributed by atoms with E-state index in [-0.39, 0.29) is 18.1 Å². The Kier molecular flexibility index (Phi) is 4.74. The summed E-state index contributed by atoms with van der Waals surface area (Å²) in [4.78, 5) is 24.4. The van der Waals surface area contributed by atoms with Gasteiger partial charge < -0.3 is 20.1 Å². The molecule has 1 aliphatic heterocycles. The highest BCUT2D eigenvalue weighted by molar-refractivity contribution is 5.82. The summed E-state index contributed by atoms with van der Waals surface area (Å²) in [6.07, 6.45) is -0.00294. The molecule has 1 aliphatic rings. The van der Waals surface area contributed by atoms with Crippen LogP contribution in [0.5, 0.6) is 0 Å². The number of carboxylic acids is 1. The third-order valence-electron chi connectivity index (χ3n) is 2.74. The number of amides is 2. The lowest BCUT2D eigenvalue weighted by molar-refractivity contribution is -0.140. The highest BCUT2D eigenvalue weighted by atomic mass is 16.5. The number of urea groups is 1. The molecule has 1 heterocycles. The van der Waals surface area contributed by atoms with Gasteiger partial charge in [0.25, 0.3) is 0 Å². The molecule has 2 N–H and O–H groups in total. The van der Waals surface area contributed by atoms with Crippen molar-refractivity contribution in [3.63, 3.8) is 0 Å². The average molecular weight is 244 g/mol. The summed E-state index contributed by atoms with van der Waals surface area (Å²) in [5.74, 6) is -1.15. The normalized spacial score (nSPS) is 22.4. The van der Waals surface area contributed by atoms with Crippen LogP contribution in [0.2, 0.25) is 0 Å². The molecule has 0 aromatic rings.